The van der Waals surface area contributed by atoms with Gasteiger partial charge in [0.05, 0.1) is 5.02 Å². The predicted octanol–water partition coefficient (Wildman–Crippen LogP) is 2.75. The van der Waals surface area contributed by atoms with Gasteiger partial charge in [-0.25, -0.2) is 0 Å². The average Bonchev–Trinajstić information content (AvgIpc) is 1.93. The lowest BCUT2D eigenvalue weighted by atomic mass is 10.3. The minimum Gasteiger partial charge on any atom is -0.137 e. The molecule has 0 bridgehead atoms. The Morgan fingerprint density at radius 1 is 1.00 bits per heavy atom. The quantitative estimate of drug-likeness (QED) is 0.639. The van der Waals surface area contributed by atoms with E-state index in [0.29, 0.717) is 10.6 Å². The van der Waals surface area contributed by atoms with Crippen molar-refractivity contribution in [3.8, 4) is 0 Å². The Balaban J connectivity index is 3.34. The topological polar surface area (TPSA) is 25.8 Å². The highest BCUT2D eigenvalue weighted by atomic mass is 35.5. The van der Waals surface area contributed by atoms with E-state index in [4.69, 9.17) is 34.8 Å². The molecule has 0 amide bonds. The molecule has 1 aromatic heterocycles. The summed E-state index contributed by atoms with van der Waals surface area (Å²) in [7, 11) is 0. The van der Waals surface area contributed by atoms with Crippen molar-refractivity contribution in [1.29, 1.82) is 0 Å². The zero-order valence-corrected chi connectivity index (χ0v) is 7.30. The monoisotopic (exact) mass is 196 g/mol. The molecule has 54 valence electrons. The summed E-state index contributed by atoms with van der Waals surface area (Å²) >= 11 is 16.8. The number of nitrogens with zero attached hydrogens (tertiary/aromatic N) is 2. The van der Waals surface area contributed by atoms with Gasteiger partial charge in [-0.1, -0.05) is 34.8 Å². The van der Waals surface area contributed by atoms with Gasteiger partial charge in [0.1, 0.15) is 0 Å². The van der Waals surface area contributed by atoms with Gasteiger partial charge < -0.3 is 0 Å². The van der Waals surface area contributed by atoms with Crippen molar-refractivity contribution in [2.45, 2.75) is 6.92 Å². The Morgan fingerprint density at radius 3 is 2.00 bits per heavy atom. The van der Waals surface area contributed by atoms with Gasteiger partial charge in [-0.05, 0) is 6.92 Å². The minimum absolute atomic E-state index is 0.184. The molecule has 1 aromatic rings. The van der Waals surface area contributed by atoms with Crippen molar-refractivity contribution in [3.63, 3.8) is 0 Å². The highest BCUT2D eigenvalue weighted by Gasteiger charge is 2.06. The summed E-state index contributed by atoms with van der Waals surface area (Å²) in [6, 6.07) is 0. The van der Waals surface area contributed by atoms with Crippen molar-refractivity contribution in [2.24, 2.45) is 0 Å². The van der Waals surface area contributed by atoms with Gasteiger partial charge in [-0.15, -0.1) is 10.2 Å². The number of hydrogen-bond donors (Lipinski definition) is 0. The van der Waals surface area contributed by atoms with Crippen LogP contribution in [0.25, 0.3) is 0 Å². The predicted molar refractivity (Wildman–Crippen MR) is 41.8 cm³/mol. The maximum Gasteiger partial charge on any atom is 0.170 e. The van der Waals surface area contributed by atoms with E-state index < -0.39 is 0 Å². The number of halogens is 3. The Bertz CT molecular complexity index is 234. The summed E-state index contributed by atoms with van der Waals surface area (Å²) in [5, 5.41) is 7.86. The molecule has 0 spiro atoms. The van der Waals surface area contributed by atoms with Gasteiger partial charge in [0, 0.05) is 5.56 Å². The maximum absolute atomic E-state index is 5.66. The van der Waals surface area contributed by atoms with Crippen LogP contribution in [0, 0.1) is 6.92 Å². The molecule has 5 heteroatoms. The highest BCUT2D eigenvalue weighted by Crippen LogP contribution is 2.25. The van der Waals surface area contributed by atoms with Crippen LogP contribution in [0.3, 0.4) is 0 Å². The Hall–Kier alpha value is -0.0500. The molecule has 0 saturated heterocycles. The third kappa shape index (κ3) is 1.34. The van der Waals surface area contributed by atoms with E-state index >= 15 is 0 Å². The van der Waals surface area contributed by atoms with Crippen molar-refractivity contribution in [3.05, 3.63) is 20.9 Å². The first-order valence-corrected chi connectivity index (χ1v) is 3.60. The third-order valence-corrected chi connectivity index (χ3v) is 2.23. The second-order valence-corrected chi connectivity index (χ2v) is 2.81. The van der Waals surface area contributed by atoms with Gasteiger partial charge >= 0.3 is 0 Å². The molecule has 1 rings (SSSR count). The molecule has 0 fully saturated rings. The van der Waals surface area contributed by atoms with Crippen LogP contribution in [0.15, 0.2) is 0 Å². The lowest BCUT2D eigenvalue weighted by molar-refractivity contribution is 1.02. The van der Waals surface area contributed by atoms with E-state index in [1.165, 1.54) is 0 Å². The standard InChI is InChI=1S/C5H3Cl3N2/c1-2-3(6)5(8)10-9-4(2)7/h1H3. The van der Waals surface area contributed by atoms with Crippen molar-refractivity contribution >= 4 is 34.8 Å². The van der Waals surface area contributed by atoms with E-state index in [-0.39, 0.29) is 10.3 Å². The van der Waals surface area contributed by atoms with Crippen LogP contribution in [-0.4, -0.2) is 10.2 Å². The van der Waals surface area contributed by atoms with Crippen molar-refractivity contribution in [2.75, 3.05) is 0 Å². The zero-order chi connectivity index (χ0) is 7.72. The van der Waals surface area contributed by atoms with Crippen LogP contribution < -0.4 is 0 Å². The normalized spacial score (nSPS) is 10.0. The fourth-order valence-corrected chi connectivity index (χ4v) is 0.939. The molecule has 1 heterocycles. The van der Waals surface area contributed by atoms with E-state index in [1.54, 1.807) is 6.92 Å². The average molecular weight is 197 g/mol. The molecule has 0 aliphatic rings. The smallest absolute Gasteiger partial charge is 0.137 e. The number of hydrogen-bond acceptors (Lipinski definition) is 2. The first-order valence-electron chi connectivity index (χ1n) is 2.46. The second kappa shape index (κ2) is 2.91. The molecule has 0 aliphatic heterocycles. The molecule has 10 heavy (non-hydrogen) atoms. The molecule has 0 unspecified atom stereocenters. The summed E-state index contributed by atoms with van der Waals surface area (Å²) in [4.78, 5) is 0. The first kappa shape index (κ1) is 8.05. The molecular formula is C5H3Cl3N2. The van der Waals surface area contributed by atoms with Crippen LogP contribution in [0.5, 0.6) is 0 Å². The number of aromatic nitrogens is 2. The summed E-state index contributed by atoms with van der Waals surface area (Å²) in [6.07, 6.45) is 0. The van der Waals surface area contributed by atoms with Crippen LogP contribution in [0.1, 0.15) is 5.56 Å². The first-order chi connectivity index (χ1) is 4.63. The molecule has 0 aliphatic carbocycles. The van der Waals surface area contributed by atoms with Gasteiger partial charge in [-0.3, -0.25) is 0 Å². The van der Waals surface area contributed by atoms with Crippen LogP contribution in [0.4, 0.5) is 0 Å². The van der Waals surface area contributed by atoms with Crippen LogP contribution in [0.2, 0.25) is 15.3 Å². The van der Waals surface area contributed by atoms with E-state index in [2.05, 4.69) is 10.2 Å². The summed E-state index contributed by atoms with van der Waals surface area (Å²) in [5.74, 6) is 0. The van der Waals surface area contributed by atoms with Crippen molar-refractivity contribution in [1.82, 2.24) is 10.2 Å². The molecule has 0 radical (unpaired) electrons. The molecule has 0 atom stereocenters. The van der Waals surface area contributed by atoms with E-state index in [9.17, 15) is 0 Å². The fraction of sp³-hybridized carbons (Fsp3) is 0.200. The fourth-order valence-electron chi connectivity index (χ4n) is 0.452. The SMILES string of the molecule is Cc1c(Cl)nnc(Cl)c1Cl. The van der Waals surface area contributed by atoms with Crippen molar-refractivity contribution < 1.29 is 0 Å². The number of rotatable bonds is 0. The molecule has 0 saturated carbocycles. The largest absolute Gasteiger partial charge is 0.170 e. The van der Waals surface area contributed by atoms with Crippen LogP contribution in [-0.2, 0) is 0 Å². The summed E-state index contributed by atoms with van der Waals surface area (Å²) in [6.45, 7) is 1.73. The summed E-state index contributed by atoms with van der Waals surface area (Å²) in [5.41, 5.74) is 0.656. The van der Waals surface area contributed by atoms with Gasteiger partial charge in [-0.2, -0.15) is 0 Å². The van der Waals surface area contributed by atoms with Gasteiger partial charge in [0.15, 0.2) is 10.3 Å². The summed E-state index contributed by atoms with van der Waals surface area (Å²) < 4.78 is 0. The van der Waals surface area contributed by atoms with Crippen LogP contribution >= 0.6 is 34.8 Å². The maximum atomic E-state index is 5.66. The minimum atomic E-state index is 0.184. The Kier molecular flexibility index (Phi) is 2.34. The lowest BCUT2D eigenvalue weighted by Gasteiger charge is -1.98. The van der Waals surface area contributed by atoms with E-state index in [1.807, 2.05) is 0 Å². The molecule has 0 N–H and O–H groups in total. The highest BCUT2D eigenvalue weighted by molar-refractivity contribution is 6.42. The van der Waals surface area contributed by atoms with Gasteiger partial charge in [0.25, 0.3) is 0 Å². The molecule has 2 nitrogen and oxygen atoms in total. The third-order valence-electron chi connectivity index (χ3n) is 1.05. The zero-order valence-electron chi connectivity index (χ0n) is 5.03. The molecule has 0 aromatic carbocycles. The van der Waals surface area contributed by atoms with Gasteiger partial charge in [0.2, 0.25) is 0 Å². The molecular weight excluding hydrogens is 194 g/mol. The Morgan fingerprint density at radius 2 is 1.50 bits per heavy atom. The van der Waals surface area contributed by atoms with E-state index in [0.717, 1.165) is 0 Å². The Labute approximate surface area is 73.1 Å². The second-order valence-electron chi connectivity index (χ2n) is 1.72. The lowest BCUT2D eigenvalue weighted by Crippen LogP contribution is -1.88.